The Labute approximate surface area is 123 Å². The van der Waals surface area contributed by atoms with E-state index in [0.29, 0.717) is 18.1 Å². The van der Waals surface area contributed by atoms with E-state index in [1.165, 1.54) is 5.56 Å². The van der Waals surface area contributed by atoms with Crippen LogP contribution in [0.2, 0.25) is 0 Å². The van der Waals surface area contributed by atoms with E-state index in [2.05, 4.69) is 40.3 Å². The fraction of sp³-hybridized carbons (Fsp3) is 0.600. The van der Waals surface area contributed by atoms with Crippen molar-refractivity contribution in [2.45, 2.75) is 31.9 Å². The number of halogens is 1. The van der Waals surface area contributed by atoms with E-state index in [4.69, 9.17) is 9.47 Å². The van der Waals surface area contributed by atoms with E-state index in [-0.39, 0.29) is 0 Å². The molecule has 106 valence electrons. The summed E-state index contributed by atoms with van der Waals surface area (Å²) in [5, 5.41) is 3.44. The molecule has 3 unspecified atom stereocenters. The van der Waals surface area contributed by atoms with Gasteiger partial charge in [-0.2, -0.15) is 0 Å². The average Bonchev–Trinajstić information content (AvgIpc) is 2.84. The van der Waals surface area contributed by atoms with Gasteiger partial charge < -0.3 is 14.8 Å². The first-order chi connectivity index (χ1) is 9.13. The summed E-state index contributed by atoms with van der Waals surface area (Å²) in [6.45, 7) is 3.00. The molecule has 0 radical (unpaired) electrons. The lowest BCUT2D eigenvalue weighted by molar-refractivity contribution is 0.117. The molecular formula is C15H22BrNO2. The zero-order valence-corrected chi connectivity index (χ0v) is 13.4. The molecule has 3 atom stereocenters. The summed E-state index contributed by atoms with van der Waals surface area (Å²) in [5.41, 5.74) is 1.28. The minimum Gasteiger partial charge on any atom is -0.497 e. The fourth-order valence-electron chi connectivity index (χ4n) is 2.71. The van der Waals surface area contributed by atoms with Gasteiger partial charge in [-0.25, -0.2) is 0 Å². The predicted octanol–water partition coefficient (Wildman–Crippen LogP) is 3.01. The SMILES string of the molecule is CNC(Cc1cc(OC)ccc1Br)C1COC(C)C1. The number of nitrogens with one attached hydrogen (secondary N) is 1. The van der Waals surface area contributed by atoms with Crippen LogP contribution in [0.4, 0.5) is 0 Å². The van der Waals surface area contributed by atoms with Crippen LogP contribution in [0.1, 0.15) is 18.9 Å². The summed E-state index contributed by atoms with van der Waals surface area (Å²) in [6, 6.07) is 6.57. The molecule has 1 fully saturated rings. The summed E-state index contributed by atoms with van der Waals surface area (Å²) in [4.78, 5) is 0. The molecule has 0 bridgehead atoms. The zero-order chi connectivity index (χ0) is 13.8. The van der Waals surface area contributed by atoms with Gasteiger partial charge in [0.05, 0.1) is 19.8 Å². The lowest BCUT2D eigenvalue weighted by atomic mass is 9.91. The van der Waals surface area contributed by atoms with E-state index in [1.54, 1.807) is 7.11 Å². The van der Waals surface area contributed by atoms with Gasteiger partial charge in [0.15, 0.2) is 0 Å². The zero-order valence-electron chi connectivity index (χ0n) is 11.8. The van der Waals surface area contributed by atoms with Gasteiger partial charge in [0.2, 0.25) is 0 Å². The standard InChI is InChI=1S/C15H22BrNO2/c1-10-6-12(9-19-10)15(17-2)8-11-7-13(18-3)4-5-14(11)16/h4-5,7,10,12,15,17H,6,8-9H2,1-3H3. The smallest absolute Gasteiger partial charge is 0.119 e. The van der Waals surface area contributed by atoms with Crippen molar-refractivity contribution in [1.82, 2.24) is 5.32 Å². The molecule has 3 nitrogen and oxygen atoms in total. The van der Waals surface area contributed by atoms with Crippen LogP contribution in [0, 0.1) is 5.92 Å². The molecule has 1 saturated heterocycles. The number of hydrogen-bond acceptors (Lipinski definition) is 3. The van der Waals surface area contributed by atoms with Gasteiger partial charge in [-0.15, -0.1) is 0 Å². The van der Waals surface area contributed by atoms with Crippen molar-refractivity contribution >= 4 is 15.9 Å². The van der Waals surface area contributed by atoms with Gasteiger partial charge in [-0.3, -0.25) is 0 Å². The van der Waals surface area contributed by atoms with Crippen LogP contribution in [0.15, 0.2) is 22.7 Å². The number of likely N-dealkylation sites (N-methyl/N-ethyl adjacent to an activating group) is 1. The molecule has 1 aromatic carbocycles. The first kappa shape index (κ1) is 14.8. The van der Waals surface area contributed by atoms with Gasteiger partial charge in [0, 0.05) is 16.4 Å². The Hall–Kier alpha value is -0.580. The summed E-state index contributed by atoms with van der Waals surface area (Å²) in [6.07, 6.45) is 2.50. The quantitative estimate of drug-likeness (QED) is 0.901. The van der Waals surface area contributed by atoms with E-state index < -0.39 is 0 Å². The van der Waals surface area contributed by atoms with Crippen LogP contribution in [-0.4, -0.2) is 32.9 Å². The Bertz CT molecular complexity index is 425. The van der Waals surface area contributed by atoms with E-state index >= 15 is 0 Å². The molecule has 1 aliphatic rings. The van der Waals surface area contributed by atoms with Gasteiger partial charge >= 0.3 is 0 Å². The monoisotopic (exact) mass is 327 g/mol. The number of benzene rings is 1. The molecule has 0 aromatic heterocycles. The van der Waals surface area contributed by atoms with E-state index in [9.17, 15) is 0 Å². The van der Waals surface area contributed by atoms with Crippen LogP contribution in [-0.2, 0) is 11.2 Å². The first-order valence-corrected chi connectivity index (χ1v) is 7.54. The third-order valence-electron chi connectivity index (χ3n) is 3.86. The lowest BCUT2D eigenvalue weighted by Gasteiger charge is -2.22. The molecule has 0 aliphatic carbocycles. The highest BCUT2D eigenvalue weighted by Gasteiger charge is 2.29. The van der Waals surface area contributed by atoms with Crippen molar-refractivity contribution in [3.8, 4) is 5.75 Å². The molecule has 1 aliphatic heterocycles. The molecule has 1 N–H and O–H groups in total. The Morgan fingerprint density at radius 1 is 1.53 bits per heavy atom. The van der Waals surface area contributed by atoms with Crippen LogP contribution < -0.4 is 10.1 Å². The van der Waals surface area contributed by atoms with Gasteiger partial charge in [0.25, 0.3) is 0 Å². The lowest BCUT2D eigenvalue weighted by Crippen LogP contribution is -2.36. The molecule has 1 heterocycles. The first-order valence-electron chi connectivity index (χ1n) is 6.75. The second-order valence-electron chi connectivity index (χ2n) is 5.20. The van der Waals surface area contributed by atoms with Crippen molar-refractivity contribution in [3.63, 3.8) is 0 Å². The third-order valence-corrected chi connectivity index (χ3v) is 4.64. The maximum atomic E-state index is 5.68. The Morgan fingerprint density at radius 2 is 2.32 bits per heavy atom. The summed E-state index contributed by atoms with van der Waals surface area (Å²) >= 11 is 3.62. The Balaban J connectivity index is 2.09. The van der Waals surface area contributed by atoms with Crippen molar-refractivity contribution < 1.29 is 9.47 Å². The minimum absolute atomic E-state index is 0.384. The van der Waals surface area contributed by atoms with Crippen molar-refractivity contribution in [2.24, 2.45) is 5.92 Å². The average molecular weight is 328 g/mol. The number of methoxy groups -OCH3 is 1. The summed E-state index contributed by atoms with van der Waals surface area (Å²) in [7, 11) is 3.73. The molecule has 0 spiro atoms. The Morgan fingerprint density at radius 3 is 2.89 bits per heavy atom. The predicted molar refractivity (Wildman–Crippen MR) is 80.8 cm³/mol. The van der Waals surface area contributed by atoms with E-state index in [1.807, 2.05) is 13.1 Å². The Kier molecular flexibility index (Phi) is 5.25. The molecule has 19 heavy (non-hydrogen) atoms. The summed E-state index contributed by atoms with van der Waals surface area (Å²) < 4.78 is 12.1. The molecule has 1 aromatic rings. The topological polar surface area (TPSA) is 30.5 Å². The van der Waals surface area contributed by atoms with Gasteiger partial charge in [-0.1, -0.05) is 15.9 Å². The maximum Gasteiger partial charge on any atom is 0.119 e. The number of ether oxygens (including phenoxy) is 2. The third kappa shape index (κ3) is 3.71. The molecule has 2 rings (SSSR count). The van der Waals surface area contributed by atoms with Gasteiger partial charge in [0.1, 0.15) is 5.75 Å². The highest BCUT2D eigenvalue weighted by molar-refractivity contribution is 9.10. The maximum absolute atomic E-state index is 5.68. The van der Waals surface area contributed by atoms with Crippen molar-refractivity contribution in [3.05, 3.63) is 28.2 Å². The second kappa shape index (κ2) is 6.73. The molecule has 4 heteroatoms. The van der Waals surface area contributed by atoms with Crippen LogP contribution in [0.5, 0.6) is 5.75 Å². The van der Waals surface area contributed by atoms with Crippen molar-refractivity contribution in [2.75, 3.05) is 20.8 Å². The highest BCUT2D eigenvalue weighted by Crippen LogP contribution is 2.28. The summed E-state index contributed by atoms with van der Waals surface area (Å²) in [5.74, 6) is 1.49. The van der Waals surface area contributed by atoms with Crippen molar-refractivity contribution in [1.29, 1.82) is 0 Å². The van der Waals surface area contributed by atoms with Gasteiger partial charge in [-0.05, 0) is 50.6 Å². The highest BCUT2D eigenvalue weighted by atomic mass is 79.9. The molecular weight excluding hydrogens is 306 g/mol. The van der Waals surface area contributed by atoms with Crippen LogP contribution in [0.25, 0.3) is 0 Å². The number of hydrogen-bond donors (Lipinski definition) is 1. The fourth-order valence-corrected chi connectivity index (χ4v) is 3.12. The second-order valence-corrected chi connectivity index (χ2v) is 6.05. The normalized spacial score (nSPS) is 24.4. The largest absolute Gasteiger partial charge is 0.497 e. The molecule has 0 amide bonds. The van der Waals surface area contributed by atoms with E-state index in [0.717, 1.165) is 29.7 Å². The van der Waals surface area contributed by atoms with Crippen LogP contribution >= 0.6 is 15.9 Å². The minimum atomic E-state index is 0.384. The van der Waals surface area contributed by atoms with Crippen LogP contribution in [0.3, 0.4) is 0 Å². The molecule has 0 saturated carbocycles. The number of rotatable bonds is 5.